The van der Waals surface area contributed by atoms with Crippen molar-refractivity contribution in [3.05, 3.63) is 0 Å². The number of thioether (sulfide) groups is 1. The van der Waals surface area contributed by atoms with Crippen LogP contribution in [0.1, 0.15) is 19.8 Å². The monoisotopic (exact) mass is 186 g/mol. The van der Waals surface area contributed by atoms with Gasteiger partial charge < -0.3 is 10.2 Å². The van der Waals surface area contributed by atoms with Crippen LogP contribution in [0.25, 0.3) is 0 Å². The predicted octanol–water partition coefficient (Wildman–Crippen LogP) is 1.13. The molecule has 1 spiro atoms. The van der Waals surface area contributed by atoms with Crippen LogP contribution < -0.4 is 5.32 Å². The fourth-order valence-electron chi connectivity index (χ4n) is 2.18. The van der Waals surface area contributed by atoms with E-state index in [2.05, 4.69) is 35.9 Å². The molecule has 3 heteroatoms. The molecule has 0 aromatic rings. The Bertz CT molecular complexity index is 166. The topological polar surface area (TPSA) is 15.3 Å². The lowest BCUT2D eigenvalue weighted by molar-refractivity contribution is 0.159. The molecule has 12 heavy (non-hydrogen) atoms. The summed E-state index contributed by atoms with van der Waals surface area (Å²) in [7, 11) is 2.23. The van der Waals surface area contributed by atoms with E-state index in [1.807, 2.05) is 0 Å². The first kappa shape index (κ1) is 8.85. The highest BCUT2D eigenvalue weighted by Crippen LogP contribution is 2.38. The highest BCUT2D eigenvalue weighted by Gasteiger charge is 2.39. The van der Waals surface area contributed by atoms with Crippen molar-refractivity contribution in [2.45, 2.75) is 30.7 Å². The minimum Gasteiger partial charge on any atom is -0.303 e. The summed E-state index contributed by atoms with van der Waals surface area (Å²) in [6.07, 6.45) is 2.63. The Labute approximate surface area is 79.1 Å². The second-order valence-electron chi connectivity index (χ2n) is 4.05. The second kappa shape index (κ2) is 3.20. The summed E-state index contributed by atoms with van der Waals surface area (Å²) < 4.78 is 0. The van der Waals surface area contributed by atoms with E-state index in [9.17, 15) is 0 Å². The lowest BCUT2D eigenvalue weighted by Gasteiger charge is -2.41. The zero-order chi connectivity index (χ0) is 8.60. The van der Waals surface area contributed by atoms with E-state index >= 15 is 0 Å². The Morgan fingerprint density at radius 2 is 2.42 bits per heavy atom. The SMILES string of the molecule is CC1CC2(CCN1C)NCCS2. The average Bonchev–Trinajstić information content (AvgIpc) is 2.47. The van der Waals surface area contributed by atoms with Crippen LogP contribution in [-0.4, -0.2) is 41.7 Å². The first-order valence-corrected chi connectivity index (χ1v) is 5.80. The maximum atomic E-state index is 3.66. The van der Waals surface area contributed by atoms with E-state index in [0.717, 1.165) is 6.04 Å². The molecule has 2 nitrogen and oxygen atoms in total. The van der Waals surface area contributed by atoms with Gasteiger partial charge in [-0.25, -0.2) is 0 Å². The maximum Gasteiger partial charge on any atom is 0.0673 e. The molecule has 2 rings (SSSR count). The Hall–Kier alpha value is 0.270. The van der Waals surface area contributed by atoms with Gasteiger partial charge in [0, 0.05) is 24.9 Å². The van der Waals surface area contributed by atoms with Crippen molar-refractivity contribution in [1.29, 1.82) is 0 Å². The van der Waals surface area contributed by atoms with Gasteiger partial charge in [-0.1, -0.05) is 0 Å². The lowest BCUT2D eigenvalue weighted by Crippen LogP contribution is -2.50. The van der Waals surface area contributed by atoms with Crippen LogP contribution in [0.3, 0.4) is 0 Å². The summed E-state index contributed by atoms with van der Waals surface area (Å²) in [5.74, 6) is 1.30. The highest BCUT2D eigenvalue weighted by atomic mass is 32.2. The summed E-state index contributed by atoms with van der Waals surface area (Å²) in [4.78, 5) is 2.91. The molecule has 2 unspecified atom stereocenters. The van der Waals surface area contributed by atoms with Gasteiger partial charge in [-0.2, -0.15) is 0 Å². The van der Waals surface area contributed by atoms with Crippen molar-refractivity contribution < 1.29 is 0 Å². The molecule has 2 aliphatic rings. The van der Waals surface area contributed by atoms with E-state index in [1.54, 1.807) is 0 Å². The van der Waals surface area contributed by atoms with Crippen LogP contribution >= 0.6 is 11.8 Å². The van der Waals surface area contributed by atoms with Crippen molar-refractivity contribution in [3.8, 4) is 0 Å². The van der Waals surface area contributed by atoms with Crippen molar-refractivity contribution in [2.24, 2.45) is 0 Å². The lowest BCUT2D eigenvalue weighted by atomic mass is 9.98. The van der Waals surface area contributed by atoms with E-state index in [-0.39, 0.29) is 0 Å². The van der Waals surface area contributed by atoms with Crippen molar-refractivity contribution >= 4 is 11.8 Å². The molecule has 0 bridgehead atoms. The van der Waals surface area contributed by atoms with Gasteiger partial charge in [0.15, 0.2) is 0 Å². The van der Waals surface area contributed by atoms with Gasteiger partial charge in [-0.3, -0.25) is 0 Å². The van der Waals surface area contributed by atoms with E-state index in [1.165, 1.54) is 31.7 Å². The van der Waals surface area contributed by atoms with Crippen LogP contribution in [0.15, 0.2) is 0 Å². The number of piperidine rings is 1. The molecule has 0 radical (unpaired) electrons. The van der Waals surface area contributed by atoms with Gasteiger partial charge in [0.1, 0.15) is 0 Å². The molecule has 2 aliphatic heterocycles. The molecule has 0 aromatic carbocycles. The third kappa shape index (κ3) is 1.50. The first-order valence-electron chi connectivity index (χ1n) is 4.81. The van der Waals surface area contributed by atoms with Crippen LogP contribution in [-0.2, 0) is 0 Å². The number of nitrogens with one attached hydrogen (secondary N) is 1. The quantitative estimate of drug-likeness (QED) is 0.610. The minimum atomic E-state index is 0.450. The molecule has 2 heterocycles. The average molecular weight is 186 g/mol. The smallest absolute Gasteiger partial charge is 0.0673 e. The second-order valence-corrected chi connectivity index (χ2v) is 5.53. The third-order valence-corrected chi connectivity index (χ3v) is 4.65. The van der Waals surface area contributed by atoms with Crippen LogP contribution in [0.2, 0.25) is 0 Å². The molecule has 0 saturated carbocycles. The molecule has 0 aromatic heterocycles. The minimum absolute atomic E-state index is 0.450. The molecule has 0 aliphatic carbocycles. The first-order chi connectivity index (χ1) is 5.72. The highest BCUT2D eigenvalue weighted by molar-refractivity contribution is 8.00. The summed E-state index contributed by atoms with van der Waals surface area (Å²) in [6, 6.07) is 0.747. The standard InChI is InChI=1S/C9H18N2S/c1-8-7-9(3-5-11(8)2)10-4-6-12-9/h8,10H,3-7H2,1-2H3. The van der Waals surface area contributed by atoms with Gasteiger partial charge in [0.05, 0.1) is 4.87 Å². The number of likely N-dealkylation sites (tertiary alicyclic amines) is 1. The number of rotatable bonds is 0. The molecule has 2 fully saturated rings. The van der Waals surface area contributed by atoms with Gasteiger partial charge in [0.25, 0.3) is 0 Å². The Balaban J connectivity index is 2.01. The molecular weight excluding hydrogens is 168 g/mol. The maximum absolute atomic E-state index is 3.66. The largest absolute Gasteiger partial charge is 0.303 e. The Morgan fingerprint density at radius 3 is 3.00 bits per heavy atom. The summed E-state index contributed by atoms with van der Waals surface area (Å²) >= 11 is 2.13. The predicted molar refractivity (Wildman–Crippen MR) is 54.5 cm³/mol. The van der Waals surface area contributed by atoms with E-state index in [4.69, 9.17) is 0 Å². The van der Waals surface area contributed by atoms with Crippen LogP contribution in [0.5, 0.6) is 0 Å². The molecule has 2 saturated heterocycles. The van der Waals surface area contributed by atoms with Gasteiger partial charge >= 0.3 is 0 Å². The van der Waals surface area contributed by atoms with Crippen LogP contribution in [0, 0.1) is 0 Å². The molecule has 1 N–H and O–H groups in total. The molecule has 2 atom stereocenters. The van der Waals surface area contributed by atoms with E-state index in [0.29, 0.717) is 4.87 Å². The summed E-state index contributed by atoms with van der Waals surface area (Å²) in [5.41, 5.74) is 0. The summed E-state index contributed by atoms with van der Waals surface area (Å²) in [5, 5.41) is 3.66. The van der Waals surface area contributed by atoms with Crippen molar-refractivity contribution in [2.75, 3.05) is 25.9 Å². The van der Waals surface area contributed by atoms with Crippen LogP contribution in [0.4, 0.5) is 0 Å². The summed E-state index contributed by atoms with van der Waals surface area (Å²) in [6.45, 7) is 4.80. The third-order valence-electron chi connectivity index (χ3n) is 3.17. The normalized spacial score (nSPS) is 44.0. The zero-order valence-corrected chi connectivity index (χ0v) is 8.78. The fourth-order valence-corrected chi connectivity index (χ4v) is 3.57. The Morgan fingerprint density at radius 1 is 1.58 bits per heavy atom. The zero-order valence-electron chi connectivity index (χ0n) is 7.97. The molecule has 70 valence electrons. The van der Waals surface area contributed by atoms with Gasteiger partial charge in [0.2, 0.25) is 0 Å². The van der Waals surface area contributed by atoms with E-state index < -0.39 is 0 Å². The van der Waals surface area contributed by atoms with Crippen molar-refractivity contribution in [1.82, 2.24) is 10.2 Å². The molecule has 0 amide bonds. The molecular formula is C9H18N2S. The number of nitrogens with zero attached hydrogens (tertiary/aromatic N) is 1. The number of hydrogen-bond acceptors (Lipinski definition) is 3. The van der Waals surface area contributed by atoms with Crippen molar-refractivity contribution in [3.63, 3.8) is 0 Å². The Kier molecular flexibility index (Phi) is 2.36. The van der Waals surface area contributed by atoms with Gasteiger partial charge in [-0.05, 0) is 26.8 Å². The van der Waals surface area contributed by atoms with Gasteiger partial charge in [-0.15, -0.1) is 11.8 Å². The fraction of sp³-hybridized carbons (Fsp3) is 1.00. The number of hydrogen-bond donors (Lipinski definition) is 1.